The first-order chi connectivity index (χ1) is 7.61. The number of benzene rings is 1. The summed E-state index contributed by atoms with van der Waals surface area (Å²) in [5, 5.41) is 2.62. The van der Waals surface area contributed by atoms with Crippen LogP contribution in [0.1, 0.15) is 5.56 Å². The van der Waals surface area contributed by atoms with Crippen molar-refractivity contribution in [2.75, 3.05) is 11.1 Å². The molecule has 0 saturated carbocycles. The van der Waals surface area contributed by atoms with E-state index < -0.39 is 11.1 Å². The second-order valence-corrected chi connectivity index (χ2v) is 4.22. The van der Waals surface area contributed by atoms with E-state index in [-0.39, 0.29) is 11.7 Å². The van der Waals surface area contributed by atoms with Crippen LogP contribution in [0.5, 0.6) is 0 Å². The molecule has 0 fully saturated rings. The fourth-order valence-corrected chi connectivity index (χ4v) is 1.56. The molecule has 0 heterocycles. The van der Waals surface area contributed by atoms with Crippen LogP contribution >= 0.6 is 0 Å². The molecular formula is C11H13NO3S. The van der Waals surface area contributed by atoms with Crippen molar-refractivity contribution in [3.05, 3.63) is 42.5 Å². The van der Waals surface area contributed by atoms with Gasteiger partial charge >= 0.3 is 0 Å². The van der Waals surface area contributed by atoms with Crippen LogP contribution in [0.4, 0.5) is 5.69 Å². The molecule has 1 unspecified atom stereocenters. The maximum absolute atomic E-state index is 11.0. The Hall–Kier alpha value is -1.46. The van der Waals surface area contributed by atoms with Crippen LogP contribution in [0.2, 0.25) is 0 Å². The van der Waals surface area contributed by atoms with E-state index in [1.165, 1.54) is 6.08 Å². The Balaban J connectivity index is 2.57. The SMILES string of the molecule is C=CC(=O)Nc1ccc(CCS(=O)O)cc1. The van der Waals surface area contributed by atoms with Gasteiger partial charge in [-0.05, 0) is 30.2 Å². The van der Waals surface area contributed by atoms with Crippen molar-refractivity contribution in [3.8, 4) is 0 Å². The van der Waals surface area contributed by atoms with E-state index in [9.17, 15) is 9.00 Å². The second-order valence-electron chi connectivity index (χ2n) is 3.17. The minimum Gasteiger partial charge on any atom is -0.323 e. The number of amides is 1. The molecule has 0 saturated heterocycles. The largest absolute Gasteiger partial charge is 0.323 e. The lowest BCUT2D eigenvalue weighted by Crippen LogP contribution is -2.07. The smallest absolute Gasteiger partial charge is 0.247 e. The number of hydrogen-bond donors (Lipinski definition) is 2. The number of carbonyl (C=O) groups is 1. The maximum Gasteiger partial charge on any atom is 0.247 e. The number of aryl methyl sites for hydroxylation is 1. The molecule has 0 aliphatic carbocycles. The van der Waals surface area contributed by atoms with Gasteiger partial charge in [0.1, 0.15) is 0 Å². The van der Waals surface area contributed by atoms with Crippen LogP contribution in [0.15, 0.2) is 36.9 Å². The first kappa shape index (κ1) is 12.6. The summed E-state index contributed by atoms with van der Waals surface area (Å²) in [6.07, 6.45) is 1.74. The van der Waals surface area contributed by atoms with Gasteiger partial charge in [0.05, 0.1) is 5.75 Å². The molecule has 2 N–H and O–H groups in total. The van der Waals surface area contributed by atoms with Crippen molar-refractivity contribution >= 4 is 22.7 Å². The van der Waals surface area contributed by atoms with E-state index in [0.717, 1.165) is 5.56 Å². The molecule has 1 aromatic carbocycles. The summed E-state index contributed by atoms with van der Waals surface area (Å²) in [6, 6.07) is 7.12. The Morgan fingerprint density at radius 3 is 2.56 bits per heavy atom. The summed E-state index contributed by atoms with van der Waals surface area (Å²) in [6.45, 7) is 3.35. The minimum atomic E-state index is -1.76. The van der Waals surface area contributed by atoms with Gasteiger partial charge in [-0.15, -0.1) is 0 Å². The lowest BCUT2D eigenvalue weighted by atomic mass is 10.1. The van der Waals surface area contributed by atoms with Gasteiger partial charge in [0.25, 0.3) is 0 Å². The molecule has 1 amide bonds. The summed E-state index contributed by atoms with van der Waals surface area (Å²) in [5.74, 6) is -0.0394. The van der Waals surface area contributed by atoms with Crippen molar-refractivity contribution in [2.45, 2.75) is 6.42 Å². The average Bonchev–Trinajstić information content (AvgIpc) is 2.28. The van der Waals surface area contributed by atoms with Crippen LogP contribution in [-0.2, 0) is 22.3 Å². The molecular weight excluding hydrogens is 226 g/mol. The van der Waals surface area contributed by atoms with Crippen LogP contribution in [0, 0.1) is 0 Å². The van der Waals surface area contributed by atoms with E-state index in [2.05, 4.69) is 11.9 Å². The van der Waals surface area contributed by atoms with E-state index in [1.807, 2.05) is 12.1 Å². The molecule has 16 heavy (non-hydrogen) atoms. The van der Waals surface area contributed by atoms with Crippen LogP contribution in [-0.4, -0.2) is 20.4 Å². The molecule has 0 aliphatic rings. The van der Waals surface area contributed by atoms with Crippen LogP contribution in [0.25, 0.3) is 0 Å². The zero-order valence-corrected chi connectivity index (χ0v) is 9.50. The van der Waals surface area contributed by atoms with E-state index in [0.29, 0.717) is 12.1 Å². The van der Waals surface area contributed by atoms with E-state index in [1.54, 1.807) is 12.1 Å². The third-order valence-electron chi connectivity index (χ3n) is 1.97. The highest BCUT2D eigenvalue weighted by Crippen LogP contribution is 2.10. The normalized spacial score (nSPS) is 11.8. The van der Waals surface area contributed by atoms with Gasteiger partial charge in [0, 0.05) is 5.69 Å². The Morgan fingerprint density at radius 2 is 2.06 bits per heavy atom. The Labute approximate surface area is 96.7 Å². The number of anilines is 1. The summed E-state index contributed by atoms with van der Waals surface area (Å²) >= 11 is -1.76. The Bertz CT molecular complexity index is 400. The highest BCUT2D eigenvalue weighted by molar-refractivity contribution is 7.79. The van der Waals surface area contributed by atoms with Crippen LogP contribution in [0.3, 0.4) is 0 Å². The van der Waals surface area contributed by atoms with E-state index >= 15 is 0 Å². The number of carbonyl (C=O) groups excluding carboxylic acids is 1. The number of hydrogen-bond acceptors (Lipinski definition) is 2. The predicted octanol–water partition coefficient (Wildman–Crippen LogP) is 1.58. The molecule has 0 spiro atoms. The van der Waals surface area contributed by atoms with Crippen molar-refractivity contribution in [2.24, 2.45) is 0 Å². The van der Waals surface area contributed by atoms with Gasteiger partial charge in [-0.25, -0.2) is 4.21 Å². The third-order valence-corrected chi connectivity index (χ3v) is 2.53. The Morgan fingerprint density at radius 1 is 1.44 bits per heavy atom. The Kier molecular flexibility index (Phi) is 4.88. The number of nitrogens with one attached hydrogen (secondary N) is 1. The molecule has 1 rings (SSSR count). The first-order valence-corrected chi connectivity index (χ1v) is 5.99. The summed E-state index contributed by atoms with van der Waals surface area (Å²) < 4.78 is 19.1. The van der Waals surface area contributed by atoms with Crippen molar-refractivity contribution in [3.63, 3.8) is 0 Å². The molecule has 1 atom stereocenters. The highest BCUT2D eigenvalue weighted by Gasteiger charge is 1.99. The predicted molar refractivity (Wildman–Crippen MR) is 64.6 cm³/mol. The zero-order valence-electron chi connectivity index (χ0n) is 8.68. The fraction of sp³-hybridized carbons (Fsp3) is 0.182. The molecule has 86 valence electrons. The van der Waals surface area contributed by atoms with Gasteiger partial charge in [-0.1, -0.05) is 18.7 Å². The van der Waals surface area contributed by atoms with Crippen molar-refractivity contribution < 1.29 is 13.6 Å². The topological polar surface area (TPSA) is 66.4 Å². The maximum atomic E-state index is 11.0. The monoisotopic (exact) mass is 239 g/mol. The lowest BCUT2D eigenvalue weighted by molar-refractivity contribution is -0.111. The second kappa shape index (κ2) is 6.19. The summed E-state index contributed by atoms with van der Waals surface area (Å²) in [4.78, 5) is 11.0. The average molecular weight is 239 g/mol. The molecule has 0 bridgehead atoms. The van der Waals surface area contributed by atoms with Crippen molar-refractivity contribution in [1.29, 1.82) is 0 Å². The zero-order chi connectivity index (χ0) is 12.0. The van der Waals surface area contributed by atoms with Gasteiger partial charge in [0.15, 0.2) is 11.1 Å². The van der Waals surface area contributed by atoms with Crippen LogP contribution < -0.4 is 5.32 Å². The standard InChI is InChI=1S/C11H13NO3S/c1-2-11(13)12-10-5-3-9(4-6-10)7-8-16(14)15/h2-6H,1,7-8H2,(H,12,13)(H,14,15). The van der Waals surface area contributed by atoms with E-state index in [4.69, 9.17) is 4.55 Å². The number of rotatable bonds is 5. The molecule has 5 heteroatoms. The fourth-order valence-electron chi connectivity index (χ4n) is 1.15. The molecule has 0 aliphatic heterocycles. The van der Waals surface area contributed by atoms with Gasteiger partial charge in [-0.3, -0.25) is 4.79 Å². The first-order valence-electron chi connectivity index (χ1n) is 4.71. The van der Waals surface area contributed by atoms with Crippen molar-refractivity contribution in [1.82, 2.24) is 0 Å². The molecule has 0 aromatic heterocycles. The van der Waals surface area contributed by atoms with Gasteiger partial charge in [0.2, 0.25) is 5.91 Å². The summed E-state index contributed by atoms with van der Waals surface area (Å²) in [5.41, 5.74) is 1.64. The lowest BCUT2D eigenvalue weighted by Gasteiger charge is -2.03. The molecule has 0 radical (unpaired) electrons. The molecule has 1 aromatic rings. The third kappa shape index (κ3) is 4.37. The minimum absolute atomic E-state index is 0.221. The van der Waals surface area contributed by atoms with Gasteiger partial charge < -0.3 is 9.87 Å². The quantitative estimate of drug-likeness (QED) is 0.605. The highest BCUT2D eigenvalue weighted by atomic mass is 32.2. The molecule has 4 nitrogen and oxygen atoms in total. The summed E-state index contributed by atoms with van der Waals surface area (Å²) in [7, 11) is 0. The van der Waals surface area contributed by atoms with Gasteiger partial charge in [-0.2, -0.15) is 0 Å².